The molecule has 5 heteroatoms. The Kier molecular flexibility index (Phi) is 6.47. The van der Waals surface area contributed by atoms with Crippen LogP contribution in [0.3, 0.4) is 0 Å². The second kappa shape index (κ2) is 9.25. The van der Waals surface area contributed by atoms with Crippen LogP contribution in [0.4, 0.5) is 0 Å². The molecular formula is C25H31N3OS. The summed E-state index contributed by atoms with van der Waals surface area (Å²) >= 11 is 1.86. The number of aryl methyl sites for hydroxylation is 1. The quantitative estimate of drug-likeness (QED) is 0.505. The Bertz CT molecular complexity index is 1000. The molecule has 0 saturated carbocycles. The molecule has 4 rings (SSSR count). The van der Waals surface area contributed by atoms with Crippen molar-refractivity contribution in [2.75, 3.05) is 13.1 Å². The number of benzene rings is 2. The standard InChI is InChI=1S/C25H31N3OS/c1-18(2)30-22-10-8-20(9-11-22)16-25(29)27-14-12-21(13-15-27)17-28-19(3)26-23-6-4-5-7-24(23)28/h4-11,18,21H,12-17H2,1-3H3. The number of thioether (sulfide) groups is 1. The summed E-state index contributed by atoms with van der Waals surface area (Å²) < 4.78 is 2.34. The minimum absolute atomic E-state index is 0.252. The highest BCUT2D eigenvalue weighted by Crippen LogP contribution is 2.25. The summed E-state index contributed by atoms with van der Waals surface area (Å²) in [5.74, 6) is 1.92. The molecule has 2 heterocycles. The molecule has 3 aromatic rings. The van der Waals surface area contributed by atoms with Gasteiger partial charge in [0.25, 0.3) is 0 Å². The van der Waals surface area contributed by atoms with Gasteiger partial charge in [0, 0.05) is 29.8 Å². The smallest absolute Gasteiger partial charge is 0.226 e. The number of aromatic nitrogens is 2. The van der Waals surface area contributed by atoms with Crippen LogP contribution in [-0.4, -0.2) is 38.7 Å². The van der Waals surface area contributed by atoms with E-state index in [9.17, 15) is 4.79 Å². The van der Waals surface area contributed by atoms with Crippen LogP contribution in [0.1, 0.15) is 38.1 Å². The van der Waals surface area contributed by atoms with Gasteiger partial charge in [0.05, 0.1) is 17.5 Å². The highest BCUT2D eigenvalue weighted by Gasteiger charge is 2.24. The third-order valence-electron chi connectivity index (χ3n) is 5.90. The van der Waals surface area contributed by atoms with E-state index in [0.717, 1.165) is 49.4 Å². The molecule has 1 saturated heterocycles. The highest BCUT2D eigenvalue weighted by molar-refractivity contribution is 7.99. The van der Waals surface area contributed by atoms with Gasteiger partial charge in [-0.15, -0.1) is 11.8 Å². The number of fused-ring (bicyclic) bond motifs is 1. The van der Waals surface area contributed by atoms with Crippen molar-refractivity contribution >= 4 is 28.7 Å². The summed E-state index contributed by atoms with van der Waals surface area (Å²) in [5.41, 5.74) is 3.39. The molecule has 1 aromatic heterocycles. The third kappa shape index (κ3) is 4.89. The SMILES string of the molecule is Cc1nc2ccccc2n1CC1CCN(C(=O)Cc2ccc(SC(C)C)cc2)CC1. The molecule has 0 aliphatic carbocycles. The Morgan fingerprint density at radius 3 is 2.50 bits per heavy atom. The second-order valence-electron chi connectivity index (χ2n) is 8.57. The number of imidazole rings is 1. The van der Waals surface area contributed by atoms with Crippen molar-refractivity contribution in [2.45, 2.75) is 56.7 Å². The summed E-state index contributed by atoms with van der Waals surface area (Å²) in [4.78, 5) is 20.8. The monoisotopic (exact) mass is 421 g/mol. The van der Waals surface area contributed by atoms with Crippen molar-refractivity contribution in [3.63, 3.8) is 0 Å². The summed E-state index contributed by atoms with van der Waals surface area (Å²) in [6, 6.07) is 16.8. The van der Waals surface area contributed by atoms with Gasteiger partial charge in [0.15, 0.2) is 0 Å². The molecule has 1 fully saturated rings. The molecule has 30 heavy (non-hydrogen) atoms. The summed E-state index contributed by atoms with van der Waals surface area (Å²) in [6.45, 7) is 9.19. The van der Waals surface area contributed by atoms with Gasteiger partial charge in [-0.05, 0) is 55.5 Å². The third-order valence-corrected chi connectivity index (χ3v) is 6.92. The van der Waals surface area contributed by atoms with Crippen LogP contribution in [0.25, 0.3) is 11.0 Å². The molecule has 1 aliphatic heterocycles. The predicted molar refractivity (Wildman–Crippen MR) is 125 cm³/mol. The molecule has 0 spiro atoms. The molecule has 0 atom stereocenters. The molecule has 0 radical (unpaired) electrons. The number of hydrogen-bond donors (Lipinski definition) is 0. The number of carbonyl (C=O) groups excluding carboxylic acids is 1. The fourth-order valence-electron chi connectivity index (χ4n) is 4.29. The van der Waals surface area contributed by atoms with E-state index in [1.54, 1.807) is 0 Å². The number of amides is 1. The minimum atomic E-state index is 0.252. The fourth-order valence-corrected chi connectivity index (χ4v) is 5.13. The maximum absolute atomic E-state index is 12.8. The lowest BCUT2D eigenvalue weighted by atomic mass is 9.96. The molecule has 0 N–H and O–H groups in total. The van der Waals surface area contributed by atoms with E-state index in [4.69, 9.17) is 0 Å². The zero-order chi connectivity index (χ0) is 21.1. The first-order chi connectivity index (χ1) is 14.5. The Hall–Kier alpha value is -2.27. The lowest BCUT2D eigenvalue weighted by molar-refractivity contribution is -0.131. The lowest BCUT2D eigenvalue weighted by Crippen LogP contribution is -2.40. The molecule has 2 aromatic carbocycles. The Labute approximate surface area is 183 Å². The van der Waals surface area contributed by atoms with Crippen LogP contribution in [0.15, 0.2) is 53.4 Å². The zero-order valence-electron chi connectivity index (χ0n) is 18.2. The van der Waals surface area contributed by atoms with Gasteiger partial charge in [-0.25, -0.2) is 4.98 Å². The highest BCUT2D eigenvalue weighted by atomic mass is 32.2. The lowest BCUT2D eigenvalue weighted by Gasteiger charge is -2.32. The van der Waals surface area contributed by atoms with E-state index in [2.05, 4.69) is 72.8 Å². The van der Waals surface area contributed by atoms with E-state index in [1.165, 1.54) is 10.4 Å². The van der Waals surface area contributed by atoms with E-state index in [0.29, 0.717) is 17.6 Å². The van der Waals surface area contributed by atoms with Gasteiger partial charge >= 0.3 is 0 Å². The maximum atomic E-state index is 12.8. The van der Waals surface area contributed by atoms with E-state index >= 15 is 0 Å². The topological polar surface area (TPSA) is 38.1 Å². The Morgan fingerprint density at radius 1 is 1.10 bits per heavy atom. The van der Waals surface area contributed by atoms with Crippen LogP contribution in [-0.2, 0) is 17.8 Å². The molecule has 0 bridgehead atoms. The number of para-hydroxylation sites is 2. The number of nitrogens with zero attached hydrogens (tertiary/aromatic N) is 3. The zero-order valence-corrected chi connectivity index (χ0v) is 19.0. The van der Waals surface area contributed by atoms with Gasteiger partial charge in [0.2, 0.25) is 5.91 Å². The van der Waals surface area contributed by atoms with Crippen molar-refractivity contribution in [3.05, 3.63) is 59.9 Å². The van der Waals surface area contributed by atoms with Crippen LogP contribution in [0.5, 0.6) is 0 Å². The van der Waals surface area contributed by atoms with Crippen molar-refractivity contribution in [2.24, 2.45) is 5.92 Å². The van der Waals surface area contributed by atoms with E-state index in [1.807, 2.05) is 22.7 Å². The number of carbonyl (C=O) groups is 1. The molecule has 1 aliphatic rings. The van der Waals surface area contributed by atoms with Gasteiger partial charge in [-0.1, -0.05) is 38.1 Å². The van der Waals surface area contributed by atoms with Crippen molar-refractivity contribution < 1.29 is 4.79 Å². The predicted octanol–water partition coefficient (Wildman–Crippen LogP) is 5.33. The first kappa shape index (κ1) is 21.0. The van der Waals surface area contributed by atoms with Crippen LogP contribution in [0.2, 0.25) is 0 Å². The summed E-state index contributed by atoms with van der Waals surface area (Å²) in [7, 11) is 0. The van der Waals surface area contributed by atoms with Crippen LogP contribution >= 0.6 is 11.8 Å². The number of rotatable bonds is 6. The van der Waals surface area contributed by atoms with Crippen molar-refractivity contribution in [3.8, 4) is 0 Å². The van der Waals surface area contributed by atoms with Crippen LogP contribution < -0.4 is 0 Å². The average molecular weight is 422 g/mol. The normalized spacial score (nSPS) is 15.3. The Morgan fingerprint density at radius 2 is 1.80 bits per heavy atom. The second-order valence-corrected chi connectivity index (χ2v) is 10.2. The number of hydrogen-bond acceptors (Lipinski definition) is 3. The first-order valence-corrected chi connectivity index (χ1v) is 11.8. The maximum Gasteiger partial charge on any atom is 0.226 e. The molecule has 1 amide bonds. The van der Waals surface area contributed by atoms with Crippen LogP contribution in [0, 0.1) is 12.8 Å². The van der Waals surface area contributed by atoms with Gasteiger partial charge in [0.1, 0.15) is 5.82 Å². The number of likely N-dealkylation sites (tertiary alicyclic amines) is 1. The van der Waals surface area contributed by atoms with Gasteiger partial charge < -0.3 is 9.47 Å². The summed E-state index contributed by atoms with van der Waals surface area (Å²) in [5, 5.41) is 0.572. The Balaban J connectivity index is 1.30. The van der Waals surface area contributed by atoms with Crippen molar-refractivity contribution in [1.29, 1.82) is 0 Å². The van der Waals surface area contributed by atoms with E-state index < -0.39 is 0 Å². The molecular weight excluding hydrogens is 390 g/mol. The average Bonchev–Trinajstić information content (AvgIpc) is 3.05. The van der Waals surface area contributed by atoms with E-state index in [-0.39, 0.29) is 5.91 Å². The minimum Gasteiger partial charge on any atom is -0.342 e. The fraction of sp³-hybridized carbons (Fsp3) is 0.440. The van der Waals surface area contributed by atoms with Crippen molar-refractivity contribution in [1.82, 2.24) is 14.5 Å². The van der Waals surface area contributed by atoms with Gasteiger partial charge in [-0.3, -0.25) is 4.79 Å². The van der Waals surface area contributed by atoms with Gasteiger partial charge in [-0.2, -0.15) is 0 Å². The summed E-state index contributed by atoms with van der Waals surface area (Å²) in [6.07, 6.45) is 2.62. The molecule has 4 nitrogen and oxygen atoms in total. The molecule has 158 valence electrons. The first-order valence-electron chi connectivity index (χ1n) is 10.9. The molecule has 0 unspecified atom stereocenters. The number of piperidine rings is 1. The largest absolute Gasteiger partial charge is 0.342 e.